The molecule has 0 saturated carbocycles. The molecule has 4 nitrogen and oxygen atoms in total. The molecule has 0 aliphatic carbocycles. The van der Waals surface area contributed by atoms with Crippen LogP contribution in [0.1, 0.15) is 18.4 Å². The third-order valence-corrected chi connectivity index (χ3v) is 2.19. The predicted molar refractivity (Wildman–Crippen MR) is 60.7 cm³/mol. The molecule has 0 unspecified atom stereocenters. The highest BCUT2D eigenvalue weighted by Crippen LogP contribution is 2.05. The van der Waals surface area contributed by atoms with Gasteiger partial charge in [0, 0.05) is 18.5 Å². The Balaban J connectivity index is 2.19. The summed E-state index contributed by atoms with van der Waals surface area (Å²) in [6.07, 6.45) is 1.28. The predicted octanol–water partition coefficient (Wildman–Crippen LogP) is 1.44. The Hall–Kier alpha value is -1.62. The summed E-state index contributed by atoms with van der Waals surface area (Å²) >= 11 is 0. The molecule has 0 atom stereocenters. The van der Waals surface area contributed by atoms with Gasteiger partial charge in [0.25, 0.3) is 0 Å². The minimum atomic E-state index is -0.202. The number of rotatable bonds is 6. The van der Waals surface area contributed by atoms with Crippen molar-refractivity contribution < 1.29 is 9.60 Å². The molecule has 0 fully saturated rings. The van der Waals surface area contributed by atoms with Crippen molar-refractivity contribution in [3.63, 3.8) is 0 Å². The normalized spacial score (nSPS) is 11.7. The SMILES string of the molecule is NC(CCCNCc1ccccc1F)=NO. The van der Waals surface area contributed by atoms with Crippen LogP contribution in [0.25, 0.3) is 0 Å². The molecule has 16 heavy (non-hydrogen) atoms. The quantitative estimate of drug-likeness (QED) is 0.225. The zero-order valence-electron chi connectivity index (χ0n) is 8.99. The second-order valence-electron chi connectivity index (χ2n) is 3.46. The molecular formula is C11H16FN3O. The summed E-state index contributed by atoms with van der Waals surface area (Å²) in [4.78, 5) is 0. The molecule has 0 bridgehead atoms. The van der Waals surface area contributed by atoms with E-state index in [4.69, 9.17) is 10.9 Å². The summed E-state index contributed by atoms with van der Waals surface area (Å²) in [5.41, 5.74) is 5.95. The van der Waals surface area contributed by atoms with Gasteiger partial charge in [-0.15, -0.1) is 0 Å². The summed E-state index contributed by atoms with van der Waals surface area (Å²) in [6, 6.07) is 6.65. The average Bonchev–Trinajstić information content (AvgIpc) is 2.30. The molecule has 88 valence electrons. The monoisotopic (exact) mass is 225 g/mol. The molecule has 4 N–H and O–H groups in total. The van der Waals surface area contributed by atoms with Crippen molar-refractivity contribution in [3.05, 3.63) is 35.6 Å². The number of hydrogen-bond donors (Lipinski definition) is 3. The molecule has 0 radical (unpaired) electrons. The van der Waals surface area contributed by atoms with E-state index in [-0.39, 0.29) is 11.7 Å². The molecule has 0 heterocycles. The third kappa shape index (κ3) is 4.27. The van der Waals surface area contributed by atoms with Gasteiger partial charge in [-0.3, -0.25) is 0 Å². The second kappa shape index (κ2) is 6.79. The second-order valence-corrected chi connectivity index (χ2v) is 3.46. The maximum atomic E-state index is 13.2. The first-order valence-electron chi connectivity index (χ1n) is 5.14. The lowest BCUT2D eigenvalue weighted by atomic mass is 10.2. The summed E-state index contributed by atoms with van der Waals surface area (Å²) in [7, 11) is 0. The van der Waals surface area contributed by atoms with E-state index in [9.17, 15) is 4.39 Å². The number of nitrogens with zero attached hydrogens (tertiary/aromatic N) is 1. The van der Waals surface area contributed by atoms with Crippen LogP contribution in [0.5, 0.6) is 0 Å². The van der Waals surface area contributed by atoms with Gasteiger partial charge in [-0.2, -0.15) is 0 Å². The Bertz CT molecular complexity index is 355. The van der Waals surface area contributed by atoms with Crippen LogP contribution in [0.2, 0.25) is 0 Å². The lowest BCUT2D eigenvalue weighted by molar-refractivity contribution is 0.316. The minimum Gasteiger partial charge on any atom is -0.409 e. The smallest absolute Gasteiger partial charge is 0.139 e. The van der Waals surface area contributed by atoms with E-state index in [0.717, 1.165) is 6.42 Å². The summed E-state index contributed by atoms with van der Waals surface area (Å²) in [5.74, 6) is 0.0131. The average molecular weight is 225 g/mol. The van der Waals surface area contributed by atoms with Crippen LogP contribution in [-0.2, 0) is 6.54 Å². The lowest BCUT2D eigenvalue weighted by Gasteiger charge is -2.05. The zero-order valence-corrected chi connectivity index (χ0v) is 8.99. The first-order valence-corrected chi connectivity index (χ1v) is 5.14. The number of nitrogens with one attached hydrogen (secondary N) is 1. The van der Waals surface area contributed by atoms with Crippen molar-refractivity contribution in [2.45, 2.75) is 19.4 Å². The number of nitrogens with two attached hydrogens (primary N) is 1. The van der Waals surface area contributed by atoms with Crippen molar-refractivity contribution in [2.24, 2.45) is 10.9 Å². The van der Waals surface area contributed by atoms with Gasteiger partial charge >= 0.3 is 0 Å². The summed E-state index contributed by atoms with van der Waals surface area (Å²) in [6.45, 7) is 1.19. The maximum absolute atomic E-state index is 13.2. The first kappa shape index (κ1) is 12.4. The van der Waals surface area contributed by atoms with Crippen LogP contribution in [0.15, 0.2) is 29.4 Å². The maximum Gasteiger partial charge on any atom is 0.139 e. The van der Waals surface area contributed by atoms with Crippen molar-refractivity contribution in [1.29, 1.82) is 0 Å². The minimum absolute atomic E-state index is 0.202. The topological polar surface area (TPSA) is 70.6 Å². The Morgan fingerprint density at radius 3 is 2.88 bits per heavy atom. The number of benzene rings is 1. The van der Waals surface area contributed by atoms with Crippen molar-refractivity contribution in [3.8, 4) is 0 Å². The molecule has 1 aromatic rings. The van der Waals surface area contributed by atoms with Gasteiger partial charge in [-0.25, -0.2) is 4.39 Å². The molecule has 0 aromatic heterocycles. The largest absolute Gasteiger partial charge is 0.409 e. The Labute approximate surface area is 94.0 Å². The van der Waals surface area contributed by atoms with E-state index in [2.05, 4.69) is 10.5 Å². The molecule has 5 heteroatoms. The highest BCUT2D eigenvalue weighted by atomic mass is 19.1. The van der Waals surface area contributed by atoms with Crippen LogP contribution in [-0.4, -0.2) is 17.6 Å². The van der Waals surface area contributed by atoms with Crippen LogP contribution < -0.4 is 11.1 Å². The molecule has 0 saturated heterocycles. The van der Waals surface area contributed by atoms with E-state index < -0.39 is 0 Å². The molecule has 1 aromatic carbocycles. The van der Waals surface area contributed by atoms with Crippen LogP contribution in [0.3, 0.4) is 0 Å². The van der Waals surface area contributed by atoms with E-state index in [1.54, 1.807) is 18.2 Å². The molecule has 0 spiro atoms. The van der Waals surface area contributed by atoms with E-state index >= 15 is 0 Å². The van der Waals surface area contributed by atoms with Gasteiger partial charge in [-0.1, -0.05) is 23.4 Å². The number of hydrogen-bond acceptors (Lipinski definition) is 3. The van der Waals surface area contributed by atoms with Crippen molar-refractivity contribution >= 4 is 5.84 Å². The molecule has 0 amide bonds. The molecular weight excluding hydrogens is 209 g/mol. The fourth-order valence-corrected chi connectivity index (χ4v) is 1.31. The van der Waals surface area contributed by atoms with Gasteiger partial charge in [0.05, 0.1) is 0 Å². The standard InChI is InChI=1S/C11H16FN3O/c12-10-5-2-1-4-9(10)8-14-7-3-6-11(13)15-16/h1-2,4-5,14,16H,3,6-8H2,(H2,13,15). The Morgan fingerprint density at radius 2 is 2.19 bits per heavy atom. The van der Waals surface area contributed by atoms with E-state index in [1.807, 2.05) is 0 Å². The molecule has 1 rings (SSSR count). The highest BCUT2D eigenvalue weighted by molar-refractivity contribution is 5.79. The van der Waals surface area contributed by atoms with Gasteiger partial charge in [0.2, 0.25) is 0 Å². The zero-order chi connectivity index (χ0) is 11.8. The van der Waals surface area contributed by atoms with E-state index in [1.165, 1.54) is 6.07 Å². The van der Waals surface area contributed by atoms with Crippen LogP contribution in [0, 0.1) is 5.82 Å². The van der Waals surface area contributed by atoms with Gasteiger partial charge in [0.1, 0.15) is 11.7 Å². The lowest BCUT2D eigenvalue weighted by Crippen LogP contribution is -2.18. The van der Waals surface area contributed by atoms with E-state index in [0.29, 0.717) is 25.1 Å². The van der Waals surface area contributed by atoms with Gasteiger partial charge < -0.3 is 16.3 Å². The van der Waals surface area contributed by atoms with Crippen LogP contribution in [0.4, 0.5) is 4.39 Å². The van der Waals surface area contributed by atoms with Gasteiger partial charge in [-0.05, 0) is 19.0 Å². The summed E-state index contributed by atoms with van der Waals surface area (Å²) < 4.78 is 13.2. The summed E-state index contributed by atoms with van der Waals surface area (Å²) in [5, 5.41) is 14.3. The van der Waals surface area contributed by atoms with Gasteiger partial charge in [0.15, 0.2) is 0 Å². The number of halogens is 1. The fraction of sp³-hybridized carbons (Fsp3) is 0.364. The Morgan fingerprint density at radius 1 is 1.44 bits per heavy atom. The van der Waals surface area contributed by atoms with Crippen molar-refractivity contribution in [2.75, 3.05) is 6.54 Å². The fourth-order valence-electron chi connectivity index (χ4n) is 1.31. The number of oxime groups is 1. The molecule has 0 aliphatic heterocycles. The van der Waals surface area contributed by atoms with Crippen molar-refractivity contribution in [1.82, 2.24) is 5.32 Å². The third-order valence-electron chi connectivity index (χ3n) is 2.19. The van der Waals surface area contributed by atoms with Crippen LogP contribution >= 0.6 is 0 Å². The Kier molecular flexibility index (Phi) is 5.28. The number of amidine groups is 1. The highest BCUT2D eigenvalue weighted by Gasteiger charge is 1.99. The first-order chi connectivity index (χ1) is 7.74. The molecule has 0 aliphatic rings.